The van der Waals surface area contributed by atoms with E-state index >= 15 is 0 Å². The monoisotopic (exact) mass is 245 g/mol. The van der Waals surface area contributed by atoms with Gasteiger partial charge >= 0.3 is 0 Å². The number of rotatable bonds is 3. The van der Waals surface area contributed by atoms with Gasteiger partial charge < -0.3 is 9.84 Å². The molecule has 3 rings (SSSR count). The largest absolute Gasteiger partial charge is 0.332 e. The molecule has 2 aromatic rings. The van der Waals surface area contributed by atoms with Crippen molar-refractivity contribution in [1.29, 1.82) is 0 Å². The summed E-state index contributed by atoms with van der Waals surface area (Å²) < 4.78 is 5.23. The van der Waals surface area contributed by atoms with E-state index in [4.69, 9.17) is 4.52 Å². The molecule has 1 saturated heterocycles. The molecule has 1 aliphatic heterocycles. The fraction of sp³-hybridized carbons (Fsp3) is 0.417. The van der Waals surface area contributed by atoms with Crippen LogP contribution >= 0.6 is 0 Å². The number of nitrogens with zero attached hydrogens (tertiary/aromatic N) is 4. The fourth-order valence-corrected chi connectivity index (χ4v) is 1.98. The molecule has 6 heteroatoms. The molecule has 0 spiro atoms. The molecule has 6 nitrogen and oxygen atoms in total. The Morgan fingerprint density at radius 3 is 2.94 bits per heavy atom. The van der Waals surface area contributed by atoms with E-state index in [9.17, 15) is 0 Å². The van der Waals surface area contributed by atoms with Crippen LogP contribution in [0.5, 0.6) is 0 Å². The molecule has 0 radical (unpaired) electrons. The summed E-state index contributed by atoms with van der Waals surface area (Å²) in [5.41, 5.74) is 0.719. The molecule has 0 aromatic carbocycles. The SMILES string of the molecule is c1ccc(-c2nc(CN3CCNCC3)no2)nc1. The van der Waals surface area contributed by atoms with Gasteiger partial charge in [-0.15, -0.1) is 0 Å². The van der Waals surface area contributed by atoms with Crippen molar-refractivity contribution >= 4 is 0 Å². The molecule has 0 aliphatic carbocycles. The Morgan fingerprint density at radius 1 is 1.28 bits per heavy atom. The molecule has 0 bridgehead atoms. The summed E-state index contributed by atoms with van der Waals surface area (Å²) in [4.78, 5) is 10.9. The smallest absolute Gasteiger partial charge is 0.276 e. The summed E-state index contributed by atoms with van der Waals surface area (Å²) in [6, 6.07) is 5.63. The third-order valence-corrected chi connectivity index (χ3v) is 2.93. The number of aromatic nitrogens is 3. The standard InChI is InChI=1S/C12H15N5O/c1-2-4-14-10(3-1)12-15-11(16-18-12)9-17-7-5-13-6-8-17/h1-4,13H,5-9H2. The Balaban J connectivity index is 1.69. The maximum absolute atomic E-state index is 5.23. The molecule has 3 heterocycles. The van der Waals surface area contributed by atoms with Crippen LogP contribution in [0.2, 0.25) is 0 Å². The van der Waals surface area contributed by atoms with Crippen molar-refractivity contribution in [3.8, 4) is 11.6 Å². The molecule has 1 fully saturated rings. The zero-order valence-electron chi connectivity index (χ0n) is 10.0. The maximum Gasteiger partial charge on any atom is 0.276 e. The molecule has 0 atom stereocenters. The molecular weight excluding hydrogens is 230 g/mol. The van der Waals surface area contributed by atoms with E-state index in [0.717, 1.165) is 44.2 Å². The van der Waals surface area contributed by atoms with Gasteiger partial charge in [0.25, 0.3) is 5.89 Å². The fourth-order valence-electron chi connectivity index (χ4n) is 1.98. The van der Waals surface area contributed by atoms with Crippen molar-refractivity contribution in [3.05, 3.63) is 30.2 Å². The van der Waals surface area contributed by atoms with Crippen molar-refractivity contribution in [2.45, 2.75) is 6.54 Å². The summed E-state index contributed by atoms with van der Waals surface area (Å²) in [6.45, 7) is 4.81. The van der Waals surface area contributed by atoms with E-state index in [1.807, 2.05) is 18.2 Å². The van der Waals surface area contributed by atoms with E-state index in [0.29, 0.717) is 5.89 Å². The minimum Gasteiger partial charge on any atom is -0.332 e. The number of hydrogen-bond donors (Lipinski definition) is 1. The molecule has 2 aromatic heterocycles. The second-order valence-corrected chi connectivity index (χ2v) is 4.26. The van der Waals surface area contributed by atoms with Gasteiger partial charge in [0.1, 0.15) is 5.69 Å². The van der Waals surface area contributed by atoms with Gasteiger partial charge in [-0.1, -0.05) is 11.2 Å². The molecule has 18 heavy (non-hydrogen) atoms. The van der Waals surface area contributed by atoms with E-state index in [2.05, 4.69) is 25.3 Å². The van der Waals surface area contributed by atoms with E-state index in [1.165, 1.54) is 0 Å². The highest BCUT2D eigenvalue weighted by molar-refractivity contribution is 5.45. The Kier molecular flexibility index (Phi) is 3.29. The first kappa shape index (κ1) is 11.3. The number of piperazine rings is 1. The Hall–Kier alpha value is -1.79. The van der Waals surface area contributed by atoms with Gasteiger partial charge in [0.05, 0.1) is 6.54 Å². The molecule has 0 unspecified atom stereocenters. The lowest BCUT2D eigenvalue weighted by molar-refractivity contribution is 0.225. The topological polar surface area (TPSA) is 67.1 Å². The van der Waals surface area contributed by atoms with Crippen molar-refractivity contribution in [1.82, 2.24) is 25.3 Å². The van der Waals surface area contributed by atoms with Gasteiger partial charge in [-0.25, -0.2) is 0 Å². The van der Waals surface area contributed by atoms with Crippen LogP contribution in [0, 0.1) is 0 Å². The molecule has 0 amide bonds. The van der Waals surface area contributed by atoms with Gasteiger partial charge in [0.15, 0.2) is 5.82 Å². The van der Waals surface area contributed by atoms with Crippen molar-refractivity contribution in [2.75, 3.05) is 26.2 Å². The van der Waals surface area contributed by atoms with Crippen LogP contribution in [0.4, 0.5) is 0 Å². The van der Waals surface area contributed by atoms with E-state index < -0.39 is 0 Å². The summed E-state index contributed by atoms with van der Waals surface area (Å²) in [7, 11) is 0. The third-order valence-electron chi connectivity index (χ3n) is 2.93. The van der Waals surface area contributed by atoms with Crippen LogP contribution in [-0.2, 0) is 6.54 Å². The van der Waals surface area contributed by atoms with Gasteiger partial charge in [-0.05, 0) is 12.1 Å². The molecule has 94 valence electrons. The van der Waals surface area contributed by atoms with Crippen LogP contribution in [0.1, 0.15) is 5.82 Å². The number of nitrogens with one attached hydrogen (secondary N) is 1. The zero-order chi connectivity index (χ0) is 12.2. The van der Waals surface area contributed by atoms with Gasteiger partial charge in [0, 0.05) is 32.4 Å². The second kappa shape index (κ2) is 5.24. The molecular formula is C12H15N5O. The second-order valence-electron chi connectivity index (χ2n) is 4.26. The highest BCUT2D eigenvalue weighted by Gasteiger charge is 2.14. The Morgan fingerprint density at radius 2 is 2.17 bits per heavy atom. The molecule has 0 saturated carbocycles. The van der Waals surface area contributed by atoms with Crippen LogP contribution in [0.15, 0.2) is 28.9 Å². The first-order valence-corrected chi connectivity index (χ1v) is 6.09. The Bertz CT molecular complexity index is 492. The third kappa shape index (κ3) is 2.55. The summed E-state index contributed by atoms with van der Waals surface area (Å²) in [6.07, 6.45) is 1.72. The average Bonchev–Trinajstić information content (AvgIpc) is 2.89. The summed E-state index contributed by atoms with van der Waals surface area (Å²) >= 11 is 0. The minimum atomic E-state index is 0.487. The van der Waals surface area contributed by atoms with Crippen molar-refractivity contribution in [3.63, 3.8) is 0 Å². The molecule has 1 aliphatic rings. The minimum absolute atomic E-state index is 0.487. The average molecular weight is 245 g/mol. The highest BCUT2D eigenvalue weighted by Crippen LogP contribution is 2.14. The predicted octanol–water partition coefficient (Wildman–Crippen LogP) is 0.537. The van der Waals surface area contributed by atoms with E-state index in [1.54, 1.807) is 6.20 Å². The first-order valence-electron chi connectivity index (χ1n) is 6.09. The summed E-state index contributed by atoms with van der Waals surface area (Å²) in [5, 5.41) is 7.31. The van der Waals surface area contributed by atoms with Crippen LogP contribution in [0.3, 0.4) is 0 Å². The first-order chi connectivity index (χ1) is 8.92. The normalized spacial score (nSPS) is 16.9. The zero-order valence-corrected chi connectivity index (χ0v) is 10.0. The lowest BCUT2D eigenvalue weighted by Gasteiger charge is -2.25. The van der Waals surface area contributed by atoms with E-state index in [-0.39, 0.29) is 0 Å². The van der Waals surface area contributed by atoms with Crippen LogP contribution in [-0.4, -0.2) is 46.2 Å². The maximum atomic E-state index is 5.23. The van der Waals surface area contributed by atoms with Gasteiger partial charge in [0.2, 0.25) is 0 Å². The lowest BCUT2D eigenvalue weighted by Crippen LogP contribution is -2.43. The lowest BCUT2D eigenvalue weighted by atomic mass is 10.3. The highest BCUT2D eigenvalue weighted by atomic mass is 16.5. The Labute approximate surface area is 105 Å². The summed E-state index contributed by atoms with van der Waals surface area (Å²) in [5.74, 6) is 1.21. The van der Waals surface area contributed by atoms with Gasteiger partial charge in [-0.3, -0.25) is 9.88 Å². The quantitative estimate of drug-likeness (QED) is 0.851. The predicted molar refractivity (Wildman–Crippen MR) is 65.7 cm³/mol. The van der Waals surface area contributed by atoms with Crippen LogP contribution < -0.4 is 5.32 Å². The van der Waals surface area contributed by atoms with Gasteiger partial charge in [-0.2, -0.15) is 4.98 Å². The van der Waals surface area contributed by atoms with Crippen LogP contribution in [0.25, 0.3) is 11.6 Å². The number of hydrogen-bond acceptors (Lipinski definition) is 6. The number of pyridine rings is 1. The van der Waals surface area contributed by atoms with Crippen molar-refractivity contribution < 1.29 is 4.52 Å². The molecule has 1 N–H and O–H groups in total. The van der Waals surface area contributed by atoms with Crippen molar-refractivity contribution in [2.24, 2.45) is 0 Å².